The number of thiocarbonyl (C=S) groups is 1. The maximum absolute atomic E-state index is 5.90. The van der Waals surface area contributed by atoms with Gasteiger partial charge in [-0.3, -0.25) is 0 Å². The molecule has 1 aromatic carbocycles. The van der Waals surface area contributed by atoms with Crippen LogP contribution >= 0.6 is 12.2 Å². The SMILES string of the molecule is Cc1ccc(N(C)C2CCC(C)(C)CC2)c(C(N)=S)c1. The fourth-order valence-corrected chi connectivity index (χ4v) is 3.29. The van der Waals surface area contributed by atoms with Gasteiger partial charge in [-0.1, -0.05) is 37.7 Å². The monoisotopic (exact) mass is 290 g/mol. The van der Waals surface area contributed by atoms with Crippen molar-refractivity contribution in [2.24, 2.45) is 11.1 Å². The lowest BCUT2D eigenvalue weighted by Crippen LogP contribution is -2.38. The number of anilines is 1. The number of hydrogen-bond donors (Lipinski definition) is 1. The minimum absolute atomic E-state index is 0.492. The molecule has 1 aliphatic carbocycles. The Morgan fingerprint density at radius 3 is 2.45 bits per heavy atom. The van der Waals surface area contributed by atoms with Crippen molar-refractivity contribution in [2.45, 2.75) is 52.5 Å². The molecule has 20 heavy (non-hydrogen) atoms. The summed E-state index contributed by atoms with van der Waals surface area (Å²) in [5.41, 5.74) is 9.78. The number of nitrogens with zero attached hydrogens (tertiary/aromatic N) is 1. The molecule has 0 radical (unpaired) electrons. The molecule has 2 N–H and O–H groups in total. The molecule has 0 heterocycles. The van der Waals surface area contributed by atoms with Gasteiger partial charge in [-0.25, -0.2) is 0 Å². The van der Waals surface area contributed by atoms with Gasteiger partial charge in [-0.15, -0.1) is 0 Å². The molecule has 2 rings (SSSR count). The molecule has 1 aromatic rings. The number of hydrogen-bond acceptors (Lipinski definition) is 2. The molecule has 1 aliphatic rings. The number of benzene rings is 1. The molecule has 0 spiro atoms. The zero-order valence-corrected chi connectivity index (χ0v) is 13.9. The van der Waals surface area contributed by atoms with Crippen LogP contribution in [-0.4, -0.2) is 18.1 Å². The quantitative estimate of drug-likeness (QED) is 0.852. The number of rotatable bonds is 3. The number of nitrogens with two attached hydrogens (primary N) is 1. The van der Waals surface area contributed by atoms with Crippen LogP contribution in [0.4, 0.5) is 5.69 Å². The van der Waals surface area contributed by atoms with Gasteiger partial charge in [0, 0.05) is 24.3 Å². The molecule has 0 aromatic heterocycles. The van der Waals surface area contributed by atoms with Gasteiger partial charge in [0.1, 0.15) is 4.99 Å². The van der Waals surface area contributed by atoms with Crippen LogP contribution in [0.2, 0.25) is 0 Å². The molecular formula is C17H26N2S. The van der Waals surface area contributed by atoms with E-state index in [0.717, 1.165) is 5.56 Å². The van der Waals surface area contributed by atoms with E-state index in [9.17, 15) is 0 Å². The highest BCUT2D eigenvalue weighted by atomic mass is 32.1. The Bertz CT molecular complexity index is 498. The normalized spacial score (nSPS) is 18.8. The molecule has 0 aliphatic heterocycles. The molecule has 110 valence electrons. The average molecular weight is 290 g/mol. The fourth-order valence-electron chi connectivity index (χ4n) is 3.12. The average Bonchev–Trinajstić information content (AvgIpc) is 2.37. The van der Waals surface area contributed by atoms with E-state index in [4.69, 9.17) is 18.0 Å². The first-order valence-corrected chi connectivity index (χ1v) is 7.84. The van der Waals surface area contributed by atoms with Crippen molar-refractivity contribution >= 4 is 22.9 Å². The van der Waals surface area contributed by atoms with Gasteiger partial charge in [0.25, 0.3) is 0 Å². The van der Waals surface area contributed by atoms with Gasteiger partial charge in [0.05, 0.1) is 0 Å². The van der Waals surface area contributed by atoms with E-state index in [1.165, 1.54) is 36.9 Å². The van der Waals surface area contributed by atoms with Gasteiger partial charge in [0.15, 0.2) is 0 Å². The summed E-state index contributed by atoms with van der Waals surface area (Å²) in [6, 6.07) is 6.99. The second-order valence-corrected chi connectivity index (χ2v) is 7.33. The standard InChI is InChI=1S/C17H26N2S/c1-12-5-6-15(14(11-12)16(18)20)19(4)13-7-9-17(2,3)10-8-13/h5-6,11,13H,7-10H2,1-4H3,(H2,18,20). The third-order valence-electron chi connectivity index (χ3n) is 4.65. The second-order valence-electron chi connectivity index (χ2n) is 6.89. The maximum Gasteiger partial charge on any atom is 0.106 e. The third-order valence-corrected chi connectivity index (χ3v) is 4.87. The van der Waals surface area contributed by atoms with E-state index in [0.29, 0.717) is 16.4 Å². The summed E-state index contributed by atoms with van der Waals surface area (Å²) in [7, 11) is 2.18. The lowest BCUT2D eigenvalue weighted by Gasteiger charge is -2.40. The highest BCUT2D eigenvalue weighted by Gasteiger charge is 2.29. The zero-order valence-electron chi connectivity index (χ0n) is 13.1. The van der Waals surface area contributed by atoms with Gasteiger partial charge in [-0.05, 0) is 50.2 Å². The van der Waals surface area contributed by atoms with Gasteiger partial charge >= 0.3 is 0 Å². The Morgan fingerprint density at radius 1 is 1.30 bits per heavy atom. The van der Waals surface area contributed by atoms with Crippen molar-refractivity contribution in [3.63, 3.8) is 0 Å². The summed E-state index contributed by atoms with van der Waals surface area (Å²) >= 11 is 5.22. The van der Waals surface area contributed by atoms with Crippen molar-refractivity contribution < 1.29 is 0 Å². The van der Waals surface area contributed by atoms with E-state index in [1.807, 2.05) is 0 Å². The van der Waals surface area contributed by atoms with Crippen LogP contribution < -0.4 is 10.6 Å². The molecule has 0 bridgehead atoms. The van der Waals surface area contributed by atoms with Gasteiger partial charge < -0.3 is 10.6 Å². The van der Waals surface area contributed by atoms with Gasteiger partial charge in [-0.2, -0.15) is 0 Å². The topological polar surface area (TPSA) is 29.3 Å². The fraction of sp³-hybridized carbons (Fsp3) is 0.588. The molecule has 2 nitrogen and oxygen atoms in total. The van der Waals surface area contributed by atoms with Crippen LogP contribution in [0.5, 0.6) is 0 Å². The molecule has 0 atom stereocenters. The third kappa shape index (κ3) is 3.32. The lowest BCUT2D eigenvalue weighted by molar-refractivity contribution is 0.222. The highest BCUT2D eigenvalue weighted by Crippen LogP contribution is 2.38. The molecular weight excluding hydrogens is 264 g/mol. The molecule has 1 saturated carbocycles. The van der Waals surface area contributed by atoms with Crippen LogP contribution in [-0.2, 0) is 0 Å². The number of aryl methyl sites for hydroxylation is 1. The molecule has 1 fully saturated rings. The van der Waals surface area contributed by atoms with Crippen LogP contribution in [0.25, 0.3) is 0 Å². The second kappa shape index (κ2) is 5.72. The van der Waals surface area contributed by atoms with Crippen LogP contribution in [0, 0.1) is 12.3 Å². The van der Waals surface area contributed by atoms with Crippen molar-refractivity contribution in [1.29, 1.82) is 0 Å². The highest BCUT2D eigenvalue weighted by molar-refractivity contribution is 7.80. The zero-order chi connectivity index (χ0) is 14.9. The predicted molar refractivity (Wildman–Crippen MR) is 91.5 cm³/mol. The predicted octanol–water partition coefficient (Wildman–Crippen LogP) is 4.03. The van der Waals surface area contributed by atoms with E-state index in [-0.39, 0.29) is 0 Å². The first-order chi connectivity index (χ1) is 9.30. The van der Waals surface area contributed by atoms with E-state index in [1.54, 1.807) is 0 Å². The summed E-state index contributed by atoms with van der Waals surface area (Å²) in [5.74, 6) is 0. The van der Waals surface area contributed by atoms with Crippen molar-refractivity contribution in [3.05, 3.63) is 29.3 Å². The summed E-state index contributed by atoms with van der Waals surface area (Å²) in [5, 5.41) is 0. The molecule has 0 saturated heterocycles. The van der Waals surface area contributed by atoms with E-state index < -0.39 is 0 Å². The Morgan fingerprint density at radius 2 is 1.90 bits per heavy atom. The first-order valence-electron chi connectivity index (χ1n) is 7.43. The summed E-state index contributed by atoms with van der Waals surface area (Å²) in [6.07, 6.45) is 5.06. The molecule has 0 unspecified atom stereocenters. The van der Waals surface area contributed by atoms with Crippen molar-refractivity contribution in [1.82, 2.24) is 0 Å². The molecule has 0 amide bonds. The maximum atomic E-state index is 5.90. The van der Waals surface area contributed by atoms with Crippen LogP contribution in [0.15, 0.2) is 18.2 Å². The summed E-state index contributed by atoms with van der Waals surface area (Å²) in [6.45, 7) is 6.82. The van der Waals surface area contributed by atoms with Crippen LogP contribution in [0.1, 0.15) is 50.7 Å². The smallest absolute Gasteiger partial charge is 0.106 e. The van der Waals surface area contributed by atoms with Gasteiger partial charge in [0.2, 0.25) is 0 Å². The Balaban J connectivity index is 2.21. The molecule has 3 heteroatoms. The minimum Gasteiger partial charge on any atom is -0.389 e. The lowest BCUT2D eigenvalue weighted by atomic mass is 9.75. The van der Waals surface area contributed by atoms with Crippen molar-refractivity contribution in [2.75, 3.05) is 11.9 Å². The Labute approximate surface area is 128 Å². The Kier molecular flexibility index (Phi) is 4.38. The Hall–Kier alpha value is -1.09. The van der Waals surface area contributed by atoms with Crippen LogP contribution in [0.3, 0.4) is 0 Å². The summed E-state index contributed by atoms with van der Waals surface area (Å²) < 4.78 is 0. The minimum atomic E-state index is 0.492. The van der Waals surface area contributed by atoms with E-state index in [2.05, 4.69) is 50.9 Å². The first kappa shape index (κ1) is 15.3. The summed E-state index contributed by atoms with van der Waals surface area (Å²) in [4.78, 5) is 2.87. The van der Waals surface area contributed by atoms with E-state index >= 15 is 0 Å². The largest absolute Gasteiger partial charge is 0.389 e. The van der Waals surface area contributed by atoms with Crippen molar-refractivity contribution in [3.8, 4) is 0 Å².